The van der Waals surface area contributed by atoms with Gasteiger partial charge in [0, 0.05) is 36.2 Å². The molecule has 32 heavy (non-hydrogen) atoms. The Bertz CT molecular complexity index is 1010. The molecular weight excluding hydrogens is 414 g/mol. The third kappa shape index (κ3) is 5.42. The van der Waals surface area contributed by atoms with Gasteiger partial charge < -0.3 is 19.5 Å². The van der Waals surface area contributed by atoms with Crippen molar-refractivity contribution in [3.8, 4) is 11.5 Å². The second kappa shape index (κ2) is 10.4. The summed E-state index contributed by atoms with van der Waals surface area (Å²) in [6.45, 7) is 0.865. The minimum absolute atomic E-state index is 0.103. The summed E-state index contributed by atoms with van der Waals surface area (Å²) < 4.78 is 10.4. The van der Waals surface area contributed by atoms with Crippen molar-refractivity contribution in [3.63, 3.8) is 0 Å². The number of amides is 2. The van der Waals surface area contributed by atoms with E-state index in [4.69, 9.17) is 9.47 Å². The van der Waals surface area contributed by atoms with E-state index in [-0.39, 0.29) is 23.3 Å². The summed E-state index contributed by atoms with van der Waals surface area (Å²) >= 11 is 0. The predicted octanol–water partition coefficient (Wildman–Crippen LogP) is 2.40. The molecule has 2 amide bonds. The maximum Gasteiger partial charge on any atom is 0.336 e. The van der Waals surface area contributed by atoms with Gasteiger partial charge in [-0.15, -0.1) is 0 Å². The zero-order valence-electron chi connectivity index (χ0n) is 17.9. The first-order valence-electron chi connectivity index (χ1n) is 10.1. The topological polar surface area (TPSA) is 118 Å². The van der Waals surface area contributed by atoms with Gasteiger partial charge in [0.2, 0.25) is 5.91 Å². The number of carboxylic acid groups (broad SMARTS) is 1. The molecule has 9 heteroatoms. The number of nitrogens with one attached hydrogen (secondary N) is 1. The average molecular weight is 439 g/mol. The molecule has 0 radical (unpaired) electrons. The molecule has 1 fully saturated rings. The number of hydrazone groups is 1. The van der Waals surface area contributed by atoms with Gasteiger partial charge in [-0.2, -0.15) is 5.10 Å². The summed E-state index contributed by atoms with van der Waals surface area (Å²) in [5.41, 5.74) is 3.44. The highest BCUT2D eigenvalue weighted by Crippen LogP contribution is 2.25. The molecule has 0 saturated carbocycles. The van der Waals surface area contributed by atoms with Crippen molar-refractivity contribution in [2.45, 2.75) is 12.8 Å². The average Bonchev–Trinajstić information content (AvgIpc) is 2.83. The quantitative estimate of drug-likeness (QED) is 0.505. The largest absolute Gasteiger partial charge is 0.497 e. The number of aromatic carboxylic acids is 1. The summed E-state index contributed by atoms with van der Waals surface area (Å²) in [7, 11) is 3.05. The van der Waals surface area contributed by atoms with Crippen LogP contribution in [-0.2, 0) is 4.79 Å². The fourth-order valence-corrected chi connectivity index (χ4v) is 3.52. The van der Waals surface area contributed by atoms with E-state index in [1.807, 2.05) is 0 Å². The highest BCUT2D eigenvalue weighted by Gasteiger charge is 2.28. The van der Waals surface area contributed by atoms with Crippen molar-refractivity contribution in [2.75, 3.05) is 27.3 Å². The van der Waals surface area contributed by atoms with Crippen LogP contribution in [0, 0.1) is 5.92 Å². The third-order valence-corrected chi connectivity index (χ3v) is 5.32. The molecule has 1 saturated heterocycles. The van der Waals surface area contributed by atoms with E-state index in [2.05, 4.69) is 10.5 Å². The van der Waals surface area contributed by atoms with E-state index in [1.165, 1.54) is 26.5 Å². The van der Waals surface area contributed by atoms with Gasteiger partial charge in [-0.25, -0.2) is 10.2 Å². The maximum absolute atomic E-state index is 12.9. The molecule has 1 aliphatic rings. The Morgan fingerprint density at radius 2 is 1.69 bits per heavy atom. The molecule has 0 aliphatic carbocycles. The van der Waals surface area contributed by atoms with E-state index in [9.17, 15) is 19.5 Å². The van der Waals surface area contributed by atoms with Crippen molar-refractivity contribution in [1.82, 2.24) is 10.3 Å². The van der Waals surface area contributed by atoms with Crippen LogP contribution in [0.4, 0.5) is 0 Å². The summed E-state index contributed by atoms with van der Waals surface area (Å²) in [6, 6.07) is 11.4. The Hall–Kier alpha value is -3.88. The van der Waals surface area contributed by atoms with Crippen LogP contribution in [0.15, 0.2) is 47.6 Å². The highest BCUT2D eigenvalue weighted by molar-refractivity contribution is 5.98. The Kier molecular flexibility index (Phi) is 7.43. The van der Waals surface area contributed by atoms with Gasteiger partial charge in [-0.05, 0) is 31.0 Å². The first-order chi connectivity index (χ1) is 15.4. The highest BCUT2D eigenvalue weighted by atomic mass is 16.5. The van der Waals surface area contributed by atoms with E-state index in [1.54, 1.807) is 41.3 Å². The second-order valence-electron chi connectivity index (χ2n) is 7.29. The van der Waals surface area contributed by atoms with Crippen molar-refractivity contribution >= 4 is 24.0 Å². The van der Waals surface area contributed by atoms with Crippen molar-refractivity contribution in [1.29, 1.82) is 0 Å². The number of carbonyl (C=O) groups excluding carboxylic acids is 2. The molecule has 0 atom stereocenters. The minimum Gasteiger partial charge on any atom is -0.497 e. The standard InChI is InChI=1S/C23H25N3O6/c1-31-18-11-17(12-19(13-18)32-2)22(28)26-9-7-15(8-10-26)21(27)25-24-14-16-5-3-4-6-20(16)23(29)30/h3-6,11-15H,7-10H2,1-2H3,(H,25,27)(H,29,30). The van der Waals surface area contributed by atoms with E-state index >= 15 is 0 Å². The van der Waals surface area contributed by atoms with Gasteiger partial charge in [-0.1, -0.05) is 18.2 Å². The molecule has 1 aliphatic heterocycles. The van der Waals surface area contributed by atoms with Crippen molar-refractivity contribution in [2.24, 2.45) is 11.0 Å². The van der Waals surface area contributed by atoms with Gasteiger partial charge in [0.15, 0.2) is 0 Å². The van der Waals surface area contributed by atoms with Gasteiger partial charge in [0.25, 0.3) is 5.91 Å². The molecule has 3 rings (SSSR count). The second-order valence-corrected chi connectivity index (χ2v) is 7.29. The predicted molar refractivity (Wildman–Crippen MR) is 117 cm³/mol. The van der Waals surface area contributed by atoms with Gasteiger partial charge in [-0.3, -0.25) is 9.59 Å². The lowest BCUT2D eigenvalue weighted by Crippen LogP contribution is -2.42. The van der Waals surface area contributed by atoms with Crippen LogP contribution in [0.5, 0.6) is 11.5 Å². The van der Waals surface area contributed by atoms with Crippen LogP contribution in [0.3, 0.4) is 0 Å². The lowest BCUT2D eigenvalue weighted by molar-refractivity contribution is -0.126. The van der Waals surface area contributed by atoms with Crippen LogP contribution in [-0.4, -0.2) is 61.3 Å². The SMILES string of the molecule is COc1cc(OC)cc(C(=O)N2CCC(C(=O)NN=Cc3ccccc3C(=O)O)CC2)c1. The monoisotopic (exact) mass is 439 g/mol. The number of likely N-dealkylation sites (tertiary alicyclic amines) is 1. The fourth-order valence-electron chi connectivity index (χ4n) is 3.52. The number of methoxy groups -OCH3 is 2. The summed E-state index contributed by atoms with van der Waals surface area (Å²) in [5.74, 6) is -0.697. The van der Waals surface area contributed by atoms with E-state index in [0.29, 0.717) is 48.6 Å². The molecule has 2 aromatic rings. The van der Waals surface area contributed by atoms with E-state index in [0.717, 1.165) is 0 Å². The lowest BCUT2D eigenvalue weighted by atomic mass is 9.95. The number of ether oxygens (including phenoxy) is 2. The molecule has 0 bridgehead atoms. The number of hydrogen-bond donors (Lipinski definition) is 2. The van der Waals surface area contributed by atoms with Crippen LogP contribution in [0.1, 0.15) is 39.1 Å². The van der Waals surface area contributed by atoms with E-state index < -0.39 is 5.97 Å². The Morgan fingerprint density at radius 1 is 1.06 bits per heavy atom. The number of benzene rings is 2. The lowest BCUT2D eigenvalue weighted by Gasteiger charge is -2.31. The fraction of sp³-hybridized carbons (Fsp3) is 0.304. The molecule has 2 aromatic carbocycles. The first-order valence-corrected chi connectivity index (χ1v) is 10.1. The molecular formula is C23H25N3O6. The zero-order chi connectivity index (χ0) is 23.1. The van der Waals surface area contributed by atoms with Crippen molar-refractivity contribution in [3.05, 3.63) is 59.2 Å². The number of carboxylic acids is 1. The van der Waals surface area contributed by atoms with Gasteiger partial charge in [0.1, 0.15) is 11.5 Å². The molecule has 0 unspecified atom stereocenters. The molecule has 168 valence electrons. The Labute approximate surface area is 185 Å². The molecule has 1 heterocycles. The van der Waals surface area contributed by atoms with Crippen LogP contribution < -0.4 is 14.9 Å². The number of hydrogen-bond acceptors (Lipinski definition) is 6. The van der Waals surface area contributed by atoms with Crippen LogP contribution in [0.25, 0.3) is 0 Å². The van der Waals surface area contributed by atoms with Gasteiger partial charge >= 0.3 is 5.97 Å². The molecule has 0 aromatic heterocycles. The number of rotatable bonds is 7. The van der Waals surface area contributed by atoms with Crippen molar-refractivity contribution < 1.29 is 29.0 Å². The number of piperidine rings is 1. The first kappa shape index (κ1) is 22.8. The number of nitrogens with zero attached hydrogens (tertiary/aromatic N) is 2. The summed E-state index contributed by atoms with van der Waals surface area (Å²) in [6.07, 6.45) is 2.32. The normalized spacial score (nSPS) is 14.2. The Morgan fingerprint density at radius 3 is 2.28 bits per heavy atom. The van der Waals surface area contributed by atoms with Crippen LogP contribution in [0.2, 0.25) is 0 Å². The maximum atomic E-state index is 12.9. The van der Waals surface area contributed by atoms with Crippen LogP contribution >= 0.6 is 0 Å². The molecule has 2 N–H and O–H groups in total. The molecule has 0 spiro atoms. The summed E-state index contributed by atoms with van der Waals surface area (Å²) in [5, 5.41) is 13.1. The third-order valence-electron chi connectivity index (χ3n) is 5.32. The minimum atomic E-state index is -1.07. The Balaban J connectivity index is 1.56. The zero-order valence-corrected chi connectivity index (χ0v) is 17.9. The summed E-state index contributed by atoms with van der Waals surface area (Å²) in [4.78, 5) is 38.2. The van der Waals surface area contributed by atoms with Gasteiger partial charge in [0.05, 0.1) is 26.0 Å². The number of carbonyl (C=O) groups is 3. The smallest absolute Gasteiger partial charge is 0.336 e. The molecule has 9 nitrogen and oxygen atoms in total.